The maximum Gasteiger partial charge on any atom is 0.222 e. The number of rotatable bonds is 5. The molecule has 0 unspecified atom stereocenters. The van der Waals surface area contributed by atoms with Gasteiger partial charge in [-0.05, 0) is 83.3 Å². The molecule has 5 heteroatoms. The van der Waals surface area contributed by atoms with Crippen LogP contribution in [-0.4, -0.2) is 42.9 Å². The molecule has 1 amide bonds. The van der Waals surface area contributed by atoms with Crippen molar-refractivity contribution in [1.82, 2.24) is 9.80 Å². The summed E-state index contributed by atoms with van der Waals surface area (Å²) in [5.41, 5.74) is 0.0504. The average molecular weight is 388 g/mol. The number of nitriles is 1. The highest BCUT2D eigenvalue weighted by Crippen LogP contribution is 2.52. The Morgan fingerprint density at radius 1 is 1.30 bits per heavy atom. The number of nitrogens with zero attached hydrogens (tertiary/aromatic N) is 3. The van der Waals surface area contributed by atoms with Crippen molar-refractivity contribution in [2.75, 3.05) is 27.2 Å². The Morgan fingerprint density at radius 2 is 2.00 bits per heavy atom. The average Bonchev–Trinajstić information content (AvgIpc) is 3.32. The quantitative estimate of drug-likeness (QED) is 0.740. The smallest absolute Gasteiger partial charge is 0.222 e. The predicted molar refractivity (Wildman–Crippen MR) is 110 cm³/mol. The first-order chi connectivity index (χ1) is 12.7. The monoisotopic (exact) mass is 387 g/mol. The van der Waals surface area contributed by atoms with Crippen LogP contribution in [0.4, 0.5) is 0 Å². The lowest BCUT2D eigenvalue weighted by molar-refractivity contribution is -0.131. The molecular weight excluding hydrogens is 354 g/mol. The van der Waals surface area contributed by atoms with Crippen molar-refractivity contribution in [3.63, 3.8) is 0 Å². The van der Waals surface area contributed by atoms with E-state index in [4.69, 9.17) is 5.26 Å². The highest BCUT2D eigenvalue weighted by Gasteiger charge is 2.48. The van der Waals surface area contributed by atoms with E-state index in [1.165, 1.54) is 30.6 Å². The summed E-state index contributed by atoms with van der Waals surface area (Å²) in [6, 6.07) is 6.75. The normalized spacial score (nSPS) is 28.7. The number of hydrogen-bond donors (Lipinski definition) is 0. The van der Waals surface area contributed by atoms with Gasteiger partial charge in [0, 0.05) is 24.4 Å². The number of likely N-dealkylation sites (tertiary alicyclic amines) is 1. The Labute approximate surface area is 168 Å². The number of carbonyl (C=O) groups excluding carboxylic acids is 1. The molecule has 3 rings (SSSR count). The molecule has 1 spiro atoms. The Balaban J connectivity index is 1.61. The third-order valence-corrected chi connectivity index (χ3v) is 8.09. The van der Waals surface area contributed by atoms with Crippen molar-refractivity contribution >= 4 is 17.2 Å². The zero-order valence-electron chi connectivity index (χ0n) is 17.3. The summed E-state index contributed by atoms with van der Waals surface area (Å²) >= 11 is 1.87. The molecule has 148 valence electrons. The summed E-state index contributed by atoms with van der Waals surface area (Å²) in [5.74, 6) is 0.234. The van der Waals surface area contributed by atoms with Gasteiger partial charge in [0.15, 0.2) is 0 Å². The van der Waals surface area contributed by atoms with Crippen LogP contribution in [0.5, 0.6) is 0 Å². The maximum absolute atomic E-state index is 12.7. The second-order valence-corrected chi connectivity index (χ2v) is 10.4. The van der Waals surface area contributed by atoms with Gasteiger partial charge in [0.05, 0.1) is 17.0 Å². The largest absolute Gasteiger partial charge is 0.342 e. The number of hydrogen-bond acceptors (Lipinski definition) is 4. The molecule has 0 radical (unpaired) electrons. The molecule has 2 fully saturated rings. The lowest BCUT2D eigenvalue weighted by Gasteiger charge is -2.48. The molecule has 0 N–H and O–H groups in total. The Hall–Kier alpha value is -1.38. The highest BCUT2D eigenvalue weighted by atomic mass is 32.1. The Kier molecular flexibility index (Phi) is 5.70. The second-order valence-electron chi connectivity index (χ2n) is 9.46. The SMILES string of the molecule is CN(C)C1(c2cccs2)CCC2(CCN(C(=O)CCC(C)(C)C#N)C2)CC1. The summed E-state index contributed by atoms with van der Waals surface area (Å²) in [4.78, 5) is 18.6. The minimum atomic E-state index is -0.413. The summed E-state index contributed by atoms with van der Waals surface area (Å²) in [5, 5.41) is 11.3. The van der Waals surface area contributed by atoms with E-state index < -0.39 is 5.41 Å². The first kappa shape index (κ1) is 20.4. The fraction of sp³-hybridized carbons (Fsp3) is 0.727. The summed E-state index contributed by atoms with van der Waals surface area (Å²) in [6.07, 6.45) is 7.00. The van der Waals surface area contributed by atoms with Crippen LogP contribution in [0, 0.1) is 22.2 Å². The van der Waals surface area contributed by atoms with Crippen LogP contribution in [0.25, 0.3) is 0 Å². The van der Waals surface area contributed by atoms with E-state index in [1.807, 2.05) is 25.2 Å². The zero-order chi connectivity index (χ0) is 19.7. The number of thiophene rings is 1. The fourth-order valence-electron chi connectivity index (χ4n) is 4.84. The molecule has 1 saturated heterocycles. The third kappa shape index (κ3) is 4.07. The molecule has 0 atom stereocenters. The Bertz CT molecular complexity index is 694. The van der Waals surface area contributed by atoms with Gasteiger partial charge in [-0.25, -0.2) is 0 Å². The van der Waals surface area contributed by atoms with Crippen LogP contribution < -0.4 is 0 Å². The van der Waals surface area contributed by atoms with Gasteiger partial charge in [0.1, 0.15) is 0 Å². The molecule has 0 bridgehead atoms. The van der Waals surface area contributed by atoms with E-state index in [9.17, 15) is 4.79 Å². The van der Waals surface area contributed by atoms with Crippen LogP contribution in [0.3, 0.4) is 0 Å². The van der Waals surface area contributed by atoms with Crippen molar-refractivity contribution < 1.29 is 4.79 Å². The minimum absolute atomic E-state index is 0.160. The van der Waals surface area contributed by atoms with Gasteiger partial charge in [-0.1, -0.05) is 6.07 Å². The highest BCUT2D eigenvalue weighted by molar-refractivity contribution is 7.10. The van der Waals surface area contributed by atoms with E-state index in [0.717, 1.165) is 19.5 Å². The van der Waals surface area contributed by atoms with Gasteiger partial charge in [0.2, 0.25) is 5.91 Å². The van der Waals surface area contributed by atoms with Gasteiger partial charge in [0.25, 0.3) is 0 Å². The zero-order valence-corrected chi connectivity index (χ0v) is 18.1. The van der Waals surface area contributed by atoms with Crippen LogP contribution in [-0.2, 0) is 10.3 Å². The topological polar surface area (TPSA) is 47.3 Å². The molecule has 1 aliphatic heterocycles. The van der Waals surface area contributed by atoms with E-state index in [-0.39, 0.29) is 11.4 Å². The molecule has 2 heterocycles. The molecule has 27 heavy (non-hydrogen) atoms. The first-order valence-corrected chi connectivity index (χ1v) is 11.0. The molecule has 1 aliphatic carbocycles. The first-order valence-electron chi connectivity index (χ1n) is 10.1. The maximum atomic E-state index is 12.7. The van der Waals surface area contributed by atoms with Crippen LogP contribution >= 0.6 is 11.3 Å². The van der Waals surface area contributed by atoms with Crippen molar-refractivity contribution in [3.8, 4) is 6.07 Å². The summed E-state index contributed by atoms with van der Waals surface area (Å²) < 4.78 is 0. The fourth-order valence-corrected chi connectivity index (χ4v) is 5.91. The lowest BCUT2D eigenvalue weighted by atomic mass is 9.66. The molecule has 4 nitrogen and oxygen atoms in total. The van der Waals surface area contributed by atoms with E-state index >= 15 is 0 Å². The standard InChI is InChI=1S/C22H33N3OS/c1-20(2,16-23)8-7-19(26)25-14-13-21(17-25)9-11-22(12-10-21,24(3)4)18-6-5-15-27-18/h5-6,15H,7-14,17H2,1-4H3. The van der Waals surface area contributed by atoms with Crippen molar-refractivity contribution in [3.05, 3.63) is 22.4 Å². The molecule has 1 aromatic heterocycles. The Morgan fingerprint density at radius 3 is 2.56 bits per heavy atom. The summed E-state index contributed by atoms with van der Waals surface area (Å²) in [6.45, 7) is 5.63. The van der Waals surface area contributed by atoms with Crippen LogP contribution in [0.1, 0.15) is 63.7 Å². The predicted octanol–water partition coefficient (Wildman–Crippen LogP) is 4.63. The number of amides is 1. The number of carbonyl (C=O) groups is 1. The van der Waals surface area contributed by atoms with E-state index in [0.29, 0.717) is 18.3 Å². The van der Waals surface area contributed by atoms with Gasteiger partial charge in [-0.2, -0.15) is 5.26 Å². The second kappa shape index (κ2) is 7.56. The van der Waals surface area contributed by atoms with Crippen molar-refractivity contribution in [1.29, 1.82) is 5.26 Å². The van der Waals surface area contributed by atoms with Gasteiger partial charge >= 0.3 is 0 Å². The van der Waals surface area contributed by atoms with E-state index in [1.54, 1.807) is 0 Å². The van der Waals surface area contributed by atoms with Gasteiger partial charge in [-0.3, -0.25) is 9.69 Å². The van der Waals surface area contributed by atoms with Crippen molar-refractivity contribution in [2.45, 2.75) is 64.3 Å². The lowest BCUT2D eigenvalue weighted by Crippen LogP contribution is -2.47. The van der Waals surface area contributed by atoms with Crippen LogP contribution in [0.2, 0.25) is 0 Å². The van der Waals surface area contributed by atoms with Crippen molar-refractivity contribution in [2.24, 2.45) is 10.8 Å². The molecule has 1 aromatic rings. The molecular formula is C22H33N3OS. The third-order valence-electron chi connectivity index (χ3n) is 7.03. The van der Waals surface area contributed by atoms with E-state index in [2.05, 4.69) is 47.5 Å². The summed E-state index contributed by atoms with van der Waals surface area (Å²) in [7, 11) is 4.41. The minimum Gasteiger partial charge on any atom is -0.342 e. The molecule has 2 aliphatic rings. The molecule has 0 aromatic carbocycles. The van der Waals surface area contributed by atoms with Gasteiger partial charge in [-0.15, -0.1) is 11.3 Å². The molecule has 1 saturated carbocycles. The van der Waals surface area contributed by atoms with Gasteiger partial charge < -0.3 is 4.90 Å². The van der Waals surface area contributed by atoms with Crippen LogP contribution in [0.15, 0.2) is 17.5 Å².